The fraction of sp³-hybridized carbons (Fsp3) is 0.833. The first-order valence-electron chi connectivity index (χ1n) is 3.36. The molecule has 11 heavy (non-hydrogen) atoms. The first-order valence-corrected chi connectivity index (χ1v) is 3.36. The monoisotopic (exact) mass is 161 g/mol. The number of carbonyl (C=O) groups is 1. The van der Waals surface area contributed by atoms with Crippen molar-refractivity contribution in [2.45, 2.75) is 25.4 Å². The van der Waals surface area contributed by atoms with Crippen LogP contribution >= 0.6 is 0 Å². The second-order valence-corrected chi connectivity index (χ2v) is 2.52. The van der Waals surface area contributed by atoms with Crippen molar-refractivity contribution in [1.82, 2.24) is 5.32 Å². The molecular formula is C6H11NO4. The Morgan fingerprint density at radius 2 is 2.27 bits per heavy atom. The molecule has 64 valence electrons. The van der Waals surface area contributed by atoms with Gasteiger partial charge in [-0.15, -0.1) is 0 Å². The lowest BCUT2D eigenvalue weighted by atomic mass is 10.2. The maximum absolute atomic E-state index is 10.5. The van der Waals surface area contributed by atoms with Gasteiger partial charge in [0.05, 0.1) is 6.61 Å². The summed E-state index contributed by atoms with van der Waals surface area (Å²) in [6.45, 7) is 1.38. The largest absolute Gasteiger partial charge is 0.388 e. The van der Waals surface area contributed by atoms with Gasteiger partial charge in [-0.2, -0.15) is 0 Å². The first kappa shape index (κ1) is 8.45. The molecule has 5 heteroatoms. The highest BCUT2D eigenvalue weighted by Gasteiger charge is 2.35. The highest BCUT2D eigenvalue weighted by atomic mass is 16.6. The van der Waals surface area contributed by atoms with Crippen LogP contribution in [-0.4, -0.2) is 41.2 Å². The lowest BCUT2D eigenvalue weighted by Crippen LogP contribution is -2.45. The lowest BCUT2D eigenvalue weighted by molar-refractivity contribution is -0.123. The van der Waals surface area contributed by atoms with Crippen LogP contribution in [0.15, 0.2) is 0 Å². The average Bonchev–Trinajstić information content (AvgIpc) is 2.18. The number of aliphatic hydroxyl groups is 2. The topological polar surface area (TPSA) is 78.8 Å². The molecule has 0 bridgehead atoms. The summed E-state index contributed by atoms with van der Waals surface area (Å²) in [5.41, 5.74) is 0. The number of aliphatic hydroxyl groups excluding tert-OH is 2. The van der Waals surface area contributed by atoms with Crippen molar-refractivity contribution < 1.29 is 19.7 Å². The van der Waals surface area contributed by atoms with Crippen LogP contribution in [0.2, 0.25) is 0 Å². The fourth-order valence-electron chi connectivity index (χ4n) is 0.997. The van der Waals surface area contributed by atoms with Gasteiger partial charge in [-0.25, -0.2) is 0 Å². The van der Waals surface area contributed by atoms with Gasteiger partial charge in [0.1, 0.15) is 12.1 Å². The summed E-state index contributed by atoms with van der Waals surface area (Å²) in [7, 11) is 0. The molecule has 0 aliphatic carbocycles. The summed E-state index contributed by atoms with van der Waals surface area (Å²) in [6, 6.07) is -0.688. The van der Waals surface area contributed by atoms with Crippen molar-refractivity contribution >= 4 is 5.91 Å². The number of carbonyl (C=O) groups excluding carboxylic acids is 1. The number of amides is 1. The molecule has 1 fully saturated rings. The predicted octanol–water partition coefficient (Wildman–Crippen LogP) is -1.80. The molecule has 3 N–H and O–H groups in total. The maximum atomic E-state index is 10.5. The minimum Gasteiger partial charge on any atom is -0.388 e. The summed E-state index contributed by atoms with van der Waals surface area (Å²) in [6.07, 6.45) is -1.90. The summed E-state index contributed by atoms with van der Waals surface area (Å²) >= 11 is 0. The quantitative estimate of drug-likeness (QED) is 0.424. The van der Waals surface area contributed by atoms with Gasteiger partial charge in [0.2, 0.25) is 5.91 Å². The van der Waals surface area contributed by atoms with E-state index < -0.39 is 18.4 Å². The van der Waals surface area contributed by atoms with Gasteiger partial charge < -0.3 is 20.3 Å². The molecule has 0 aromatic rings. The number of rotatable bonds is 1. The van der Waals surface area contributed by atoms with E-state index in [-0.39, 0.29) is 12.5 Å². The van der Waals surface area contributed by atoms with E-state index in [9.17, 15) is 4.79 Å². The van der Waals surface area contributed by atoms with Crippen LogP contribution < -0.4 is 5.32 Å². The Bertz CT molecular complexity index is 151. The standard InChI is InChI=1S/C6H11NO4/c1-3(8)7-5-4(9)2-11-6(5)10/h4-6,9-10H,2H2,1H3,(H,7,8). The third-order valence-corrected chi connectivity index (χ3v) is 1.53. The van der Waals surface area contributed by atoms with Crippen molar-refractivity contribution in [2.24, 2.45) is 0 Å². The molecule has 5 nitrogen and oxygen atoms in total. The van der Waals surface area contributed by atoms with Crippen LogP contribution in [0.25, 0.3) is 0 Å². The highest BCUT2D eigenvalue weighted by Crippen LogP contribution is 2.11. The van der Waals surface area contributed by atoms with Crippen LogP contribution in [-0.2, 0) is 9.53 Å². The maximum Gasteiger partial charge on any atom is 0.217 e. The number of hydrogen-bond donors (Lipinski definition) is 3. The van der Waals surface area contributed by atoms with E-state index in [1.54, 1.807) is 0 Å². The van der Waals surface area contributed by atoms with E-state index in [0.717, 1.165) is 0 Å². The third kappa shape index (κ3) is 1.89. The van der Waals surface area contributed by atoms with E-state index in [2.05, 4.69) is 10.1 Å². The van der Waals surface area contributed by atoms with Gasteiger partial charge in [-0.05, 0) is 0 Å². The van der Waals surface area contributed by atoms with E-state index in [0.29, 0.717) is 0 Å². The van der Waals surface area contributed by atoms with Crippen molar-refractivity contribution in [3.8, 4) is 0 Å². The van der Waals surface area contributed by atoms with Crippen molar-refractivity contribution in [3.05, 3.63) is 0 Å². The van der Waals surface area contributed by atoms with Crippen molar-refractivity contribution in [2.75, 3.05) is 6.61 Å². The van der Waals surface area contributed by atoms with Crippen molar-refractivity contribution in [1.29, 1.82) is 0 Å². The molecule has 1 aliphatic heterocycles. The highest BCUT2D eigenvalue weighted by molar-refractivity contribution is 5.73. The number of nitrogens with one attached hydrogen (secondary N) is 1. The molecule has 0 aromatic carbocycles. The Labute approximate surface area is 64.0 Å². The van der Waals surface area contributed by atoms with Crippen molar-refractivity contribution in [3.63, 3.8) is 0 Å². The van der Waals surface area contributed by atoms with Gasteiger partial charge in [-0.3, -0.25) is 4.79 Å². The summed E-state index contributed by atoms with van der Waals surface area (Å²) in [5, 5.41) is 20.5. The summed E-state index contributed by atoms with van der Waals surface area (Å²) in [4.78, 5) is 10.5. The van der Waals surface area contributed by atoms with Gasteiger partial charge >= 0.3 is 0 Å². The molecule has 1 aliphatic rings. The van der Waals surface area contributed by atoms with Crippen LogP contribution in [0.5, 0.6) is 0 Å². The van der Waals surface area contributed by atoms with Crippen LogP contribution in [0, 0.1) is 0 Å². The van der Waals surface area contributed by atoms with Crippen LogP contribution in [0.1, 0.15) is 6.92 Å². The number of ether oxygens (including phenoxy) is 1. The smallest absolute Gasteiger partial charge is 0.217 e. The van der Waals surface area contributed by atoms with Gasteiger partial charge in [0, 0.05) is 6.92 Å². The molecule has 1 saturated heterocycles. The molecule has 0 radical (unpaired) electrons. The second-order valence-electron chi connectivity index (χ2n) is 2.52. The Morgan fingerprint density at radius 3 is 2.64 bits per heavy atom. The first-order chi connectivity index (χ1) is 5.11. The zero-order valence-corrected chi connectivity index (χ0v) is 6.15. The normalized spacial score (nSPS) is 37.2. The Kier molecular flexibility index (Phi) is 2.43. The molecule has 0 spiro atoms. The molecule has 3 atom stereocenters. The Hall–Kier alpha value is -0.650. The minimum atomic E-state index is -1.09. The van der Waals surface area contributed by atoms with Crippen LogP contribution in [0.3, 0.4) is 0 Å². The predicted molar refractivity (Wildman–Crippen MR) is 35.6 cm³/mol. The van der Waals surface area contributed by atoms with E-state index in [1.165, 1.54) is 6.92 Å². The van der Waals surface area contributed by atoms with Gasteiger partial charge in [0.15, 0.2) is 6.29 Å². The lowest BCUT2D eigenvalue weighted by Gasteiger charge is -2.15. The third-order valence-electron chi connectivity index (χ3n) is 1.53. The van der Waals surface area contributed by atoms with Crippen LogP contribution in [0.4, 0.5) is 0 Å². The van der Waals surface area contributed by atoms with E-state index in [4.69, 9.17) is 10.2 Å². The van der Waals surface area contributed by atoms with Gasteiger partial charge in [0.25, 0.3) is 0 Å². The number of hydrogen-bond acceptors (Lipinski definition) is 4. The fourth-order valence-corrected chi connectivity index (χ4v) is 0.997. The summed E-state index contributed by atoms with van der Waals surface area (Å²) in [5.74, 6) is -0.293. The SMILES string of the molecule is CC(=O)NC1C(O)COC1O. The van der Waals surface area contributed by atoms with Gasteiger partial charge in [-0.1, -0.05) is 0 Å². The molecular weight excluding hydrogens is 150 g/mol. The zero-order valence-electron chi connectivity index (χ0n) is 6.15. The average molecular weight is 161 g/mol. The Balaban J connectivity index is 2.47. The minimum absolute atomic E-state index is 0.0616. The summed E-state index contributed by atoms with van der Waals surface area (Å²) < 4.78 is 4.67. The Morgan fingerprint density at radius 1 is 1.64 bits per heavy atom. The molecule has 0 aromatic heterocycles. The molecule has 1 rings (SSSR count). The molecule has 3 unspecified atom stereocenters. The van der Waals surface area contributed by atoms with E-state index >= 15 is 0 Å². The molecule has 0 saturated carbocycles. The molecule has 1 amide bonds. The molecule has 1 heterocycles. The zero-order chi connectivity index (χ0) is 8.43. The van der Waals surface area contributed by atoms with E-state index in [1.807, 2.05) is 0 Å². The second kappa shape index (κ2) is 3.17.